The molecule has 5 nitrogen and oxygen atoms in total. The lowest BCUT2D eigenvalue weighted by molar-refractivity contribution is -0.127. The Kier molecular flexibility index (Phi) is 4.97. The third-order valence-corrected chi connectivity index (χ3v) is 5.43. The summed E-state index contributed by atoms with van der Waals surface area (Å²) >= 11 is 0. The van der Waals surface area contributed by atoms with Gasteiger partial charge in [0.2, 0.25) is 5.91 Å². The predicted molar refractivity (Wildman–Crippen MR) is 83.9 cm³/mol. The molecule has 0 unspecified atom stereocenters. The number of aliphatic hydroxyl groups excluding tert-OH is 2. The minimum Gasteiger partial charge on any atom is -0.492 e. The third-order valence-electron chi connectivity index (χ3n) is 5.43. The number of ether oxygens (including phenoxy) is 1. The second-order valence-electron chi connectivity index (χ2n) is 6.62. The summed E-state index contributed by atoms with van der Waals surface area (Å²) in [4.78, 5) is 12.4. The monoisotopic (exact) mass is 309 g/mol. The molecule has 5 atom stereocenters. The van der Waals surface area contributed by atoms with E-state index in [1.807, 2.05) is 19.9 Å². The van der Waals surface area contributed by atoms with Gasteiger partial charge in [-0.25, -0.2) is 0 Å². The Morgan fingerprint density at radius 2 is 2.32 bits per heavy atom. The average Bonchev–Trinajstić information content (AvgIpc) is 2.70. The highest BCUT2D eigenvalue weighted by molar-refractivity contribution is 5.84. The molecule has 1 amide bonds. The molecule has 1 saturated heterocycles. The highest BCUT2D eigenvalue weighted by Gasteiger charge is 2.64. The van der Waals surface area contributed by atoms with Crippen molar-refractivity contribution in [2.24, 2.45) is 11.8 Å². The van der Waals surface area contributed by atoms with Crippen LogP contribution >= 0.6 is 0 Å². The summed E-state index contributed by atoms with van der Waals surface area (Å²) in [6.45, 7) is 7.13. The van der Waals surface area contributed by atoms with Crippen LogP contribution in [0.25, 0.3) is 0 Å². The number of nitrogens with one attached hydrogen (secondary N) is 1. The van der Waals surface area contributed by atoms with Crippen molar-refractivity contribution in [2.75, 3.05) is 6.61 Å². The molecule has 0 aromatic heterocycles. The molecule has 0 spiro atoms. The van der Waals surface area contributed by atoms with Gasteiger partial charge in [-0.2, -0.15) is 0 Å². The average molecular weight is 309 g/mol. The molecule has 1 aliphatic carbocycles. The lowest BCUT2D eigenvalue weighted by Crippen LogP contribution is -2.64. The van der Waals surface area contributed by atoms with Crippen molar-refractivity contribution < 1.29 is 19.7 Å². The molecule has 2 aliphatic rings. The number of rotatable bonds is 6. The molecule has 0 saturated carbocycles. The van der Waals surface area contributed by atoms with Crippen LogP contribution in [0.2, 0.25) is 0 Å². The highest BCUT2D eigenvalue weighted by atomic mass is 16.5. The lowest BCUT2D eigenvalue weighted by Gasteiger charge is -2.46. The largest absolute Gasteiger partial charge is 0.492 e. The summed E-state index contributed by atoms with van der Waals surface area (Å²) in [6, 6.07) is 0. The van der Waals surface area contributed by atoms with Gasteiger partial charge in [-0.3, -0.25) is 4.79 Å². The Balaban J connectivity index is 2.36. The van der Waals surface area contributed by atoms with Crippen molar-refractivity contribution in [2.45, 2.75) is 56.8 Å². The summed E-state index contributed by atoms with van der Waals surface area (Å²) in [6.07, 6.45) is 7.89. The number of carbonyl (C=O) groups is 1. The summed E-state index contributed by atoms with van der Waals surface area (Å²) in [7, 11) is 0. The van der Waals surface area contributed by atoms with Crippen LogP contribution in [0.4, 0.5) is 0 Å². The van der Waals surface area contributed by atoms with Gasteiger partial charge in [0, 0.05) is 12.5 Å². The molecular formula is C17H27NO4. The van der Waals surface area contributed by atoms with Crippen molar-refractivity contribution in [3.05, 3.63) is 25.0 Å². The number of hydrogen-bond acceptors (Lipinski definition) is 4. The van der Waals surface area contributed by atoms with E-state index in [1.165, 1.54) is 6.26 Å². The van der Waals surface area contributed by atoms with E-state index in [0.717, 1.165) is 19.3 Å². The second-order valence-corrected chi connectivity index (χ2v) is 6.62. The third kappa shape index (κ3) is 2.57. The SMILES string of the molecule is C=CO[C@@]1(C)[C@@H](CCO)C(=O)N[C@]1(C)[C@@H](O)[C@@H]1C=CCCC1. The first kappa shape index (κ1) is 17.0. The first-order valence-corrected chi connectivity index (χ1v) is 7.97. The second kappa shape index (κ2) is 6.42. The van der Waals surface area contributed by atoms with Gasteiger partial charge in [0.05, 0.1) is 18.3 Å². The number of carbonyl (C=O) groups excluding carboxylic acids is 1. The normalized spacial score (nSPS) is 39.4. The summed E-state index contributed by atoms with van der Waals surface area (Å²) in [5.41, 5.74) is -1.90. The van der Waals surface area contributed by atoms with Gasteiger partial charge in [0.25, 0.3) is 0 Å². The van der Waals surface area contributed by atoms with Crippen LogP contribution in [-0.4, -0.2) is 40.0 Å². The van der Waals surface area contributed by atoms with Crippen LogP contribution in [-0.2, 0) is 9.53 Å². The van der Waals surface area contributed by atoms with E-state index >= 15 is 0 Å². The number of amides is 1. The van der Waals surface area contributed by atoms with Gasteiger partial charge < -0.3 is 20.3 Å². The quantitative estimate of drug-likeness (QED) is 0.513. The van der Waals surface area contributed by atoms with E-state index in [2.05, 4.69) is 18.0 Å². The van der Waals surface area contributed by atoms with Crippen LogP contribution < -0.4 is 5.32 Å². The van der Waals surface area contributed by atoms with Gasteiger partial charge >= 0.3 is 0 Å². The van der Waals surface area contributed by atoms with E-state index in [0.29, 0.717) is 6.42 Å². The van der Waals surface area contributed by atoms with Gasteiger partial charge in [-0.1, -0.05) is 18.7 Å². The predicted octanol–water partition coefficient (Wildman–Crippen LogP) is 1.51. The molecule has 3 N–H and O–H groups in total. The van der Waals surface area contributed by atoms with E-state index in [1.54, 1.807) is 0 Å². The van der Waals surface area contributed by atoms with E-state index in [9.17, 15) is 15.0 Å². The maximum absolute atomic E-state index is 12.4. The van der Waals surface area contributed by atoms with Crippen LogP contribution in [0, 0.1) is 11.8 Å². The maximum Gasteiger partial charge on any atom is 0.227 e. The highest BCUT2D eigenvalue weighted by Crippen LogP contribution is 2.45. The fourth-order valence-corrected chi connectivity index (χ4v) is 3.89. The molecule has 1 aliphatic heterocycles. The first-order valence-electron chi connectivity index (χ1n) is 7.97. The van der Waals surface area contributed by atoms with Gasteiger partial charge in [-0.15, -0.1) is 0 Å². The Morgan fingerprint density at radius 3 is 2.86 bits per heavy atom. The summed E-state index contributed by atoms with van der Waals surface area (Å²) in [5, 5.41) is 23.2. The maximum atomic E-state index is 12.4. The standard InChI is InChI=1S/C17H27NO4/c1-4-22-17(3)13(10-11-19)15(21)18-16(17,2)14(20)12-8-6-5-7-9-12/h4,6,8,12-14,19-20H,1,5,7,9-11H2,2-3H3,(H,18,21)/t12-,13+,14+,16-,17+/m1/s1. The zero-order valence-electron chi connectivity index (χ0n) is 13.4. The fraction of sp³-hybridized carbons (Fsp3) is 0.706. The lowest BCUT2D eigenvalue weighted by atomic mass is 9.69. The Bertz CT molecular complexity index is 464. The number of aliphatic hydroxyl groups is 2. The molecule has 2 rings (SSSR count). The smallest absolute Gasteiger partial charge is 0.227 e. The minimum atomic E-state index is -0.959. The van der Waals surface area contributed by atoms with Crippen molar-refractivity contribution in [1.29, 1.82) is 0 Å². The molecule has 22 heavy (non-hydrogen) atoms. The van der Waals surface area contributed by atoms with E-state index in [-0.39, 0.29) is 18.4 Å². The van der Waals surface area contributed by atoms with Gasteiger partial charge in [0.1, 0.15) is 11.1 Å². The molecule has 124 valence electrons. The topological polar surface area (TPSA) is 78.8 Å². The van der Waals surface area contributed by atoms with E-state index < -0.39 is 23.2 Å². The van der Waals surface area contributed by atoms with Gasteiger partial charge in [-0.05, 0) is 39.5 Å². The first-order chi connectivity index (χ1) is 10.4. The number of hydrogen-bond donors (Lipinski definition) is 3. The van der Waals surface area contributed by atoms with Crippen LogP contribution in [0.5, 0.6) is 0 Å². The fourth-order valence-electron chi connectivity index (χ4n) is 3.89. The molecule has 5 heteroatoms. The Morgan fingerprint density at radius 1 is 1.59 bits per heavy atom. The van der Waals surface area contributed by atoms with Crippen molar-refractivity contribution in [1.82, 2.24) is 5.32 Å². The molecule has 1 fully saturated rings. The summed E-state index contributed by atoms with van der Waals surface area (Å²) in [5.74, 6) is -0.734. The minimum absolute atomic E-state index is 0.0142. The van der Waals surface area contributed by atoms with Gasteiger partial charge in [0.15, 0.2) is 0 Å². The Hall–Kier alpha value is -1.33. The molecule has 1 heterocycles. The summed E-state index contributed by atoms with van der Waals surface area (Å²) < 4.78 is 5.74. The molecule has 0 bridgehead atoms. The van der Waals surface area contributed by atoms with Crippen LogP contribution in [0.3, 0.4) is 0 Å². The van der Waals surface area contributed by atoms with Crippen LogP contribution in [0.1, 0.15) is 39.5 Å². The zero-order valence-corrected chi connectivity index (χ0v) is 13.4. The van der Waals surface area contributed by atoms with Crippen LogP contribution in [0.15, 0.2) is 25.0 Å². The van der Waals surface area contributed by atoms with Crippen molar-refractivity contribution in [3.63, 3.8) is 0 Å². The molecular weight excluding hydrogens is 282 g/mol. The van der Waals surface area contributed by atoms with Crippen molar-refractivity contribution in [3.8, 4) is 0 Å². The molecule has 0 aromatic rings. The zero-order chi connectivity index (χ0) is 16.4. The Labute approximate surface area is 132 Å². The molecule has 0 aromatic carbocycles. The molecule has 0 radical (unpaired) electrons. The van der Waals surface area contributed by atoms with E-state index in [4.69, 9.17) is 4.74 Å². The number of allylic oxidation sites excluding steroid dienone is 1. The van der Waals surface area contributed by atoms with Crippen molar-refractivity contribution >= 4 is 5.91 Å².